The third-order valence-electron chi connectivity index (χ3n) is 6.63. The number of carbonyl (C=O) groups is 2. The van der Waals surface area contributed by atoms with Crippen LogP contribution in [-0.4, -0.2) is 41.9 Å². The van der Waals surface area contributed by atoms with E-state index >= 15 is 0 Å². The monoisotopic (exact) mass is 424 g/mol. The van der Waals surface area contributed by atoms with Crippen LogP contribution < -0.4 is 10.6 Å². The van der Waals surface area contributed by atoms with Gasteiger partial charge in [0, 0.05) is 24.3 Å². The lowest BCUT2D eigenvalue weighted by molar-refractivity contribution is -0.120. The molecule has 2 amide bonds. The van der Waals surface area contributed by atoms with Crippen molar-refractivity contribution in [3.05, 3.63) is 29.3 Å². The molecule has 1 aromatic rings. The number of carbonyl (C=O) groups excluding carboxylic acids is 2. The SMILES string of the molecule is Cc1ccc(C(=O)N2CC(C)CC(C)C2)cc1NCC(=O)NC1(C#N)CCCCCC1. The summed E-state index contributed by atoms with van der Waals surface area (Å²) in [6.07, 6.45) is 6.76. The first kappa shape index (κ1) is 23.1. The van der Waals surface area contributed by atoms with E-state index in [-0.39, 0.29) is 18.4 Å². The molecule has 0 aromatic heterocycles. The molecule has 1 saturated heterocycles. The Balaban J connectivity index is 1.63. The molecule has 6 heteroatoms. The Bertz CT molecular complexity index is 826. The zero-order valence-corrected chi connectivity index (χ0v) is 19.2. The molecule has 1 aliphatic carbocycles. The minimum absolute atomic E-state index is 0.0489. The van der Waals surface area contributed by atoms with E-state index in [1.807, 2.05) is 30.0 Å². The second-order valence-electron chi connectivity index (χ2n) is 9.70. The molecule has 0 spiro atoms. The van der Waals surface area contributed by atoms with Gasteiger partial charge in [-0.2, -0.15) is 5.26 Å². The van der Waals surface area contributed by atoms with Crippen LogP contribution in [0.25, 0.3) is 0 Å². The zero-order valence-electron chi connectivity index (χ0n) is 19.2. The highest BCUT2D eigenvalue weighted by Gasteiger charge is 2.32. The molecule has 2 N–H and O–H groups in total. The van der Waals surface area contributed by atoms with Gasteiger partial charge in [0.05, 0.1) is 12.6 Å². The minimum atomic E-state index is -0.746. The Labute approximate surface area is 186 Å². The predicted molar refractivity (Wildman–Crippen MR) is 123 cm³/mol. The quantitative estimate of drug-likeness (QED) is 0.692. The van der Waals surface area contributed by atoms with Crippen LogP contribution in [0.5, 0.6) is 0 Å². The molecule has 1 aliphatic heterocycles. The molecular weight excluding hydrogens is 388 g/mol. The number of nitrogens with zero attached hydrogens (tertiary/aromatic N) is 2. The van der Waals surface area contributed by atoms with E-state index in [9.17, 15) is 14.9 Å². The van der Waals surface area contributed by atoms with Gasteiger partial charge in [-0.1, -0.05) is 45.6 Å². The van der Waals surface area contributed by atoms with Gasteiger partial charge in [0.1, 0.15) is 5.54 Å². The summed E-state index contributed by atoms with van der Waals surface area (Å²) >= 11 is 0. The minimum Gasteiger partial charge on any atom is -0.376 e. The second-order valence-corrected chi connectivity index (χ2v) is 9.70. The molecule has 1 saturated carbocycles. The molecule has 1 aromatic carbocycles. The van der Waals surface area contributed by atoms with Gasteiger partial charge >= 0.3 is 0 Å². The highest BCUT2D eigenvalue weighted by Crippen LogP contribution is 2.27. The van der Waals surface area contributed by atoms with Crippen LogP contribution in [0.1, 0.15) is 74.7 Å². The van der Waals surface area contributed by atoms with Crippen LogP contribution in [-0.2, 0) is 4.79 Å². The van der Waals surface area contributed by atoms with Crippen LogP contribution in [0.15, 0.2) is 18.2 Å². The first-order chi connectivity index (χ1) is 14.8. The number of benzene rings is 1. The Kier molecular flexibility index (Phi) is 7.59. The molecule has 2 unspecified atom stereocenters. The van der Waals surface area contributed by atoms with Gasteiger partial charge in [-0.15, -0.1) is 0 Å². The fourth-order valence-electron chi connectivity index (χ4n) is 5.04. The maximum absolute atomic E-state index is 13.1. The normalized spacial score (nSPS) is 23.4. The molecule has 2 atom stereocenters. The van der Waals surface area contributed by atoms with E-state index in [1.165, 1.54) is 0 Å². The van der Waals surface area contributed by atoms with Gasteiger partial charge in [0.15, 0.2) is 0 Å². The summed E-state index contributed by atoms with van der Waals surface area (Å²) in [6.45, 7) is 8.01. The summed E-state index contributed by atoms with van der Waals surface area (Å²) < 4.78 is 0. The maximum Gasteiger partial charge on any atom is 0.253 e. The second kappa shape index (κ2) is 10.2. The van der Waals surface area contributed by atoms with Crippen molar-refractivity contribution in [1.82, 2.24) is 10.2 Å². The topological polar surface area (TPSA) is 85.2 Å². The molecule has 2 aliphatic rings. The van der Waals surface area contributed by atoms with E-state index in [0.717, 1.165) is 56.4 Å². The average Bonchev–Trinajstić information content (AvgIpc) is 2.98. The molecular formula is C25H36N4O2. The number of rotatable bonds is 5. The molecule has 0 radical (unpaired) electrons. The van der Waals surface area contributed by atoms with Crippen LogP contribution in [0.4, 0.5) is 5.69 Å². The highest BCUT2D eigenvalue weighted by molar-refractivity contribution is 5.95. The predicted octanol–water partition coefficient (Wildman–Crippen LogP) is 4.26. The number of aryl methyl sites for hydroxylation is 1. The van der Waals surface area contributed by atoms with Crippen molar-refractivity contribution in [1.29, 1.82) is 5.26 Å². The van der Waals surface area contributed by atoms with E-state index < -0.39 is 5.54 Å². The molecule has 168 valence electrons. The van der Waals surface area contributed by atoms with Crippen molar-refractivity contribution in [3.8, 4) is 6.07 Å². The molecule has 6 nitrogen and oxygen atoms in total. The Morgan fingerprint density at radius 2 is 1.77 bits per heavy atom. The average molecular weight is 425 g/mol. The summed E-state index contributed by atoms with van der Waals surface area (Å²) in [6, 6.07) is 7.99. The first-order valence-corrected chi connectivity index (χ1v) is 11.7. The van der Waals surface area contributed by atoms with Gasteiger partial charge < -0.3 is 15.5 Å². The largest absolute Gasteiger partial charge is 0.376 e. The lowest BCUT2D eigenvalue weighted by atomic mass is 9.91. The van der Waals surface area contributed by atoms with Gasteiger partial charge in [0.2, 0.25) is 5.91 Å². The van der Waals surface area contributed by atoms with Gasteiger partial charge in [0.25, 0.3) is 5.91 Å². The third kappa shape index (κ3) is 6.00. The number of likely N-dealkylation sites (tertiary alicyclic amines) is 1. The summed E-state index contributed by atoms with van der Waals surface area (Å²) in [5, 5.41) is 15.8. The zero-order chi connectivity index (χ0) is 22.4. The Morgan fingerprint density at radius 3 is 2.39 bits per heavy atom. The molecule has 2 fully saturated rings. The summed E-state index contributed by atoms with van der Waals surface area (Å²) in [4.78, 5) is 27.6. The number of amides is 2. The van der Waals surface area contributed by atoms with E-state index in [4.69, 9.17) is 0 Å². The van der Waals surface area contributed by atoms with Crippen molar-refractivity contribution < 1.29 is 9.59 Å². The number of piperidine rings is 1. The standard InChI is InChI=1S/C25H36N4O2/c1-18-12-19(2)16-29(15-18)24(31)21-9-8-20(3)22(13-21)27-14-23(30)28-25(17-26)10-6-4-5-7-11-25/h8-9,13,18-19,27H,4-7,10-12,14-16H2,1-3H3,(H,28,30). The van der Waals surface area contributed by atoms with Crippen molar-refractivity contribution in [2.45, 2.75) is 71.3 Å². The van der Waals surface area contributed by atoms with Gasteiger partial charge in [-0.25, -0.2) is 0 Å². The van der Waals surface area contributed by atoms with E-state index in [1.54, 1.807) is 0 Å². The van der Waals surface area contributed by atoms with Crippen LogP contribution in [0.3, 0.4) is 0 Å². The van der Waals surface area contributed by atoms with E-state index in [0.29, 0.717) is 30.2 Å². The third-order valence-corrected chi connectivity index (χ3v) is 6.63. The number of nitrogens with one attached hydrogen (secondary N) is 2. The van der Waals surface area contributed by atoms with Crippen molar-refractivity contribution in [2.75, 3.05) is 25.0 Å². The maximum atomic E-state index is 13.1. The van der Waals surface area contributed by atoms with Crippen molar-refractivity contribution in [3.63, 3.8) is 0 Å². The van der Waals surface area contributed by atoms with Crippen molar-refractivity contribution >= 4 is 17.5 Å². The highest BCUT2D eigenvalue weighted by atomic mass is 16.2. The van der Waals surface area contributed by atoms with Gasteiger partial charge in [-0.05, 0) is 55.7 Å². The Morgan fingerprint density at radius 1 is 1.13 bits per heavy atom. The number of hydrogen-bond acceptors (Lipinski definition) is 4. The summed E-state index contributed by atoms with van der Waals surface area (Å²) in [5.74, 6) is 0.887. The Hall–Kier alpha value is -2.55. The summed E-state index contributed by atoms with van der Waals surface area (Å²) in [5.41, 5.74) is 1.66. The number of anilines is 1. The van der Waals surface area contributed by atoms with Gasteiger partial charge in [-0.3, -0.25) is 9.59 Å². The lowest BCUT2D eigenvalue weighted by Gasteiger charge is -2.35. The van der Waals surface area contributed by atoms with Crippen molar-refractivity contribution in [2.24, 2.45) is 11.8 Å². The molecule has 0 bridgehead atoms. The lowest BCUT2D eigenvalue weighted by Crippen LogP contribution is -2.49. The van der Waals surface area contributed by atoms with Crippen LogP contribution >= 0.6 is 0 Å². The fraction of sp³-hybridized carbons (Fsp3) is 0.640. The number of hydrogen-bond donors (Lipinski definition) is 2. The fourth-order valence-corrected chi connectivity index (χ4v) is 5.04. The molecule has 1 heterocycles. The smallest absolute Gasteiger partial charge is 0.253 e. The van der Waals surface area contributed by atoms with Crippen LogP contribution in [0.2, 0.25) is 0 Å². The molecule has 3 rings (SSSR count). The molecule has 31 heavy (non-hydrogen) atoms. The summed E-state index contributed by atoms with van der Waals surface area (Å²) in [7, 11) is 0. The van der Waals surface area contributed by atoms with Crippen LogP contribution in [0, 0.1) is 30.1 Å². The first-order valence-electron chi connectivity index (χ1n) is 11.7. The number of nitriles is 1. The van der Waals surface area contributed by atoms with E-state index in [2.05, 4.69) is 30.6 Å².